The van der Waals surface area contributed by atoms with Crippen molar-refractivity contribution in [2.45, 2.75) is 38.3 Å². The zero-order valence-corrected chi connectivity index (χ0v) is 12.6. The second kappa shape index (κ2) is 6.95. The van der Waals surface area contributed by atoms with E-state index in [1.807, 2.05) is 12.1 Å². The minimum absolute atomic E-state index is 0.145. The molecule has 1 fully saturated rings. The Morgan fingerprint density at radius 1 is 1.45 bits per heavy atom. The number of hydrogen-bond donors (Lipinski definition) is 1. The summed E-state index contributed by atoms with van der Waals surface area (Å²) in [5.41, 5.74) is 0.920. The van der Waals surface area contributed by atoms with Gasteiger partial charge in [0.25, 0.3) is 0 Å². The molecule has 1 heterocycles. The highest BCUT2D eigenvalue weighted by Crippen LogP contribution is 2.31. The SMILES string of the molecule is COc1ccc(C(C)N(C)CC2CCCCO2)c(O)c1. The van der Waals surface area contributed by atoms with Crippen molar-refractivity contribution in [1.29, 1.82) is 0 Å². The van der Waals surface area contributed by atoms with Gasteiger partial charge >= 0.3 is 0 Å². The normalized spacial score (nSPS) is 20.9. The lowest BCUT2D eigenvalue weighted by Gasteiger charge is -2.31. The molecule has 2 atom stereocenters. The number of methoxy groups -OCH3 is 1. The van der Waals surface area contributed by atoms with Crippen molar-refractivity contribution < 1.29 is 14.6 Å². The summed E-state index contributed by atoms with van der Waals surface area (Å²) in [6.45, 7) is 3.87. The van der Waals surface area contributed by atoms with Gasteiger partial charge in [0, 0.05) is 30.8 Å². The van der Waals surface area contributed by atoms with Gasteiger partial charge in [0.2, 0.25) is 0 Å². The maximum atomic E-state index is 10.1. The van der Waals surface area contributed by atoms with Gasteiger partial charge in [0.1, 0.15) is 11.5 Å². The number of hydrogen-bond acceptors (Lipinski definition) is 4. The molecule has 2 unspecified atom stereocenters. The number of nitrogens with zero attached hydrogens (tertiary/aromatic N) is 1. The van der Waals surface area contributed by atoms with E-state index in [1.54, 1.807) is 13.2 Å². The summed E-state index contributed by atoms with van der Waals surface area (Å²) >= 11 is 0. The maximum Gasteiger partial charge on any atom is 0.124 e. The molecule has 4 nitrogen and oxygen atoms in total. The second-order valence-corrected chi connectivity index (χ2v) is 5.53. The lowest BCUT2D eigenvalue weighted by Crippen LogP contribution is -2.34. The fourth-order valence-corrected chi connectivity index (χ4v) is 2.67. The minimum Gasteiger partial charge on any atom is -0.507 e. The zero-order valence-electron chi connectivity index (χ0n) is 12.6. The largest absolute Gasteiger partial charge is 0.507 e. The highest BCUT2D eigenvalue weighted by molar-refractivity contribution is 5.41. The highest BCUT2D eigenvalue weighted by Gasteiger charge is 2.21. The molecule has 0 amide bonds. The molecule has 1 aromatic carbocycles. The molecule has 1 aromatic rings. The molecule has 0 radical (unpaired) electrons. The van der Waals surface area contributed by atoms with Crippen LogP contribution in [0.1, 0.15) is 37.8 Å². The quantitative estimate of drug-likeness (QED) is 0.900. The predicted molar refractivity (Wildman–Crippen MR) is 79.3 cm³/mol. The monoisotopic (exact) mass is 279 g/mol. The van der Waals surface area contributed by atoms with Crippen LogP contribution in [-0.4, -0.2) is 43.4 Å². The van der Waals surface area contributed by atoms with Crippen molar-refractivity contribution >= 4 is 0 Å². The van der Waals surface area contributed by atoms with Crippen LogP contribution >= 0.6 is 0 Å². The molecule has 0 saturated carbocycles. The van der Waals surface area contributed by atoms with Crippen molar-refractivity contribution in [2.24, 2.45) is 0 Å². The Morgan fingerprint density at radius 3 is 2.85 bits per heavy atom. The van der Waals surface area contributed by atoms with Gasteiger partial charge in [-0.15, -0.1) is 0 Å². The van der Waals surface area contributed by atoms with Crippen LogP contribution in [0.15, 0.2) is 18.2 Å². The van der Waals surface area contributed by atoms with E-state index in [4.69, 9.17) is 9.47 Å². The Hall–Kier alpha value is -1.26. The van der Waals surface area contributed by atoms with Crippen LogP contribution in [0.4, 0.5) is 0 Å². The molecule has 20 heavy (non-hydrogen) atoms. The molecule has 1 N–H and O–H groups in total. The zero-order chi connectivity index (χ0) is 14.5. The van der Waals surface area contributed by atoms with Gasteiger partial charge in [-0.2, -0.15) is 0 Å². The van der Waals surface area contributed by atoms with Crippen molar-refractivity contribution in [1.82, 2.24) is 4.90 Å². The van der Waals surface area contributed by atoms with E-state index in [9.17, 15) is 5.11 Å². The first-order valence-electron chi connectivity index (χ1n) is 7.30. The second-order valence-electron chi connectivity index (χ2n) is 5.53. The molecule has 1 saturated heterocycles. The average molecular weight is 279 g/mol. The molecule has 4 heteroatoms. The van der Waals surface area contributed by atoms with E-state index in [0.717, 1.165) is 25.1 Å². The van der Waals surface area contributed by atoms with Gasteiger partial charge in [0.05, 0.1) is 13.2 Å². The molecule has 0 spiro atoms. The third kappa shape index (κ3) is 3.64. The number of rotatable bonds is 5. The molecular formula is C16H25NO3. The number of aromatic hydroxyl groups is 1. The molecular weight excluding hydrogens is 254 g/mol. The van der Waals surface area contributed by atoms with Crippen molar-refractivity contribution in [3.8, 4) is 11.5 Å². The summed E-state index contributed by atoms with van der Waals surface area (Å²) in [7, 11) is 3.68. The van der Waals surface area contributed by atoms with Crippen LogP contribution in [0.25, 0.3) is 0 Å². The first-order valence-corrected chi connectivity index (χ1v) is 7.30. The molecule has 0 aromatic heterocycles. The number of likely N-dealkylation sites (N-methyl/N-ethyl adjacent to an activating group) is 1. The van der Waals surface area contributed by atoms with Crippen LogP contribution in [0.2, 0.25) is 0 Å². The molecule has 1 aliphatic heterocycles. The third-order valence-corrected chi connectivity index (χ3v) is 4.11. The molecule has 112 valence electrons. The minimum atomic E-state index is 0.145. The summed E-state index contributed by atoms with van der Waals surface area (Å²) in [5, 5.41) is 10.1. The molecule has 2 rings (SSSR count). The van der Waals surface area contributed by atoms with Crippen LogP contribution in [0.3, 0.4) is 0 Å². The van der Waals surface area contributed by atoms with Crippen LogP contribution in [0.5, 0.6) is 11.5 Å². The fourth-order valence-electron chi connectivity index (χ4n) is 2.67. The van der Waals surface area contributed by atoms with Gasteiger partial charge in [-0.1, -0.05) is 6.07 Å². The first-order chi connectivity index (χ1) is 9.61. The Balaban J connectivity index is 2.00. The lowest BCUT2D eigenvalue weighted by molar-refractivity contribution is -0.00729. The third-order valence-electron chi connectivity index (χ3n) is 4.11. The van der Waals surface area contributed by atoms with Crippen molar-refractivity contribution in [3.05, 3.63) is 23.8 Å². The maximum absolute atomic E-state index is 10.1. The Morgan fingerprint density at radius 2 is 2.25 bits per heavy atom. The Kier molecular flexibility index (Phi) is 5.26. The summed E-state index contributed by atoms with van der Waals surface area (Å²) in [6, 6.07) is 5.62. The van der Waals surface area contributed by atoms with Crippen LogP contribution in [-0.2, 0) is 4.74 Å². The van der Waals surface area contributed by atoms with E-state index in [0.29, 0.717) is 11.9 Å². The molecule has 1 aliphatic rings. The van der Waals surface area contributed by atoms with Crippen LogP contribution in [0, 0.1) is 0 Å². The topological polar surface area (TPSA) is 41.9 Å². The van der Waals surface area contributed by atoms with Crippen molar-refractivity contribution in [3.63, 3.8) is 0 Å². The number of ether oxygens (including phenoxy) is 2. The van der Waals surface area contributed by atoms with Gasteiger partial charge in [0.15, 0.2) is 0 Å². The van der Waals surface area contributed by atoms with E-state index >= 15 is 0 Å². The fraction of sp³-hybridized carbons (Fsp3) is 0.625. The number of phenols is 1. The standard InChI is InChI=1S/C16H25NO3/c1-12(15-8-7-13(19-3)10-16(15)18)17(2)11-14-6-4-5-9-20-14/h7-8,10,12,14,18H,4-6,9,11H2,1-3H3. The average Bonchev–Trinajstić information content (AvgIpc) is 2.47. The Labute approximate surface area is 121 Å². The first kappa shape index (κ1) is 15.1. The highest BCUT2D eigenvalue weighted by atomic mass is 16.5. The summed E-state index contributed by atoms with van der Waals surface area (Å²) in [5.74, 6) is 0.963. The van der Waals surface area contributed by atoms with Gasteiger partial charge in [-0.05, 0) is 39.3 Å². The summed E-state index contributed by atoms with van der Waals surface area (Å²) in [6.07, 6.45) is 3.87. The molecule has 0 aliphatic carbocycles. The lowest BCUT2D eigenvalue weighted by atomic mass is 10.0. The van der Waals surface area contributed by atoms with E-state index in [2.05, 4.69) is 18.9 Å². The van der Waals surface area contributed by atoms with Crippen LogP contribution < -0.4 is 4.74 Å². The van der Waals surface area contributed by atoms with Gasteiger partial charge in [-0.25, -0.2) is 0 Å². The van der Waals surface area contributed by atoms with Crippen molar-refractivity contribution in [2.75, 3.05) is 27.3 Å². The summed E-state index contributed by atoms with van der Waals surface area (Å²) < 4.78 is 10.9. The number of phenolic OH excluding ortho intramolecular Hbond substituents is 1. The van der Waals surface area contributed by atoms with Gasteiger partial charge in [-0.3, -0.25) is 4.90 Å². The predicted octanol–water partition coefficient (Wildman–Crippen LogP) is 2.96. The Bertz CT molecular complexity index is 430. The summed E-state index contributed by atoms with van der Waals surface area (Å²) in [4.78, 5) is 2.23. The molecule has 0 bridgehead atoms. The number of benzene rings is 1. The van der Waals surface area contributed by atoms with E-state index in [1.165, 1.54) is 12.8 Å². The smallest absolute Gasteiger partial charge is 0.124 e. The van der Waals surface area contributed by atoms with E-state index in [-0.39, 0.29) is 11.8 Å². The van der Waals surface area contributed by atoms with Gasteiger partial charge < -0.3 is 14.6 Å². The van der Waals surface area contributed by atoms with E-state index < -0.39 is 0 Å².